The number of para-hydroxylation sites is 1. The highest BCUT2D eigenvalue weighted by molar-refractivity contribution is 9.10. The van der Waals surface area contributed by atoms with Crippen LogP contribution < -0.4 is 4.90 Å². The summed E-state index contributed by atoms with van der Waals surface area (Å²) in [7, 11) is 0. The van der Waals surface area contributed by atoms with Crippen LogP contribution in [0.15, 0.2) is 22.7 Å². The van der Waals surface area contributed by atoms with Crippen LogP contribution in [0.3, 0.4) is 0 Å². The summed E-state index contributed by atoms with van der Waals surface area (Å²) in [5.41, 5.74) is 0.874. The molecule has 3 rings (SSSR count). The van der Waals surface area contributed by atoms with Gasteiger partial charge in [0, 0.05) is 17.6 Å². The number of amides is 2. The largest absolute Gasteiger partial charge is 0.341 e. The number of benzene rings is 1. The summed E-state index contributed by atoms with van der Waals surface area (Å²) in [4.78, 5) is 39.5. The predicted octanol–water partition coefficient (Wildman–Crippen LogP) is 1.99. The molecule has 0 aromatic heterocycles. The highest BCUT2D eigenvalue weighted by Gasteiger charge is 2.38. The minimum atomic E-state index is -0.623. The van der Waals surface area contributed by atoms with E-state index in [0.717, 1.165) is 32.4 Å². The second-order valence-electron chi connectivity index (χ2n) is 5.30. The zero-order chi connectivity index (χ0) is 15.0. The number of carbonyl (C=O) groups is 3. The molecule has 2 heterocycles. The molecule has 1 saturated heterocycles. The fourth-order valence-electron chi connectivity index (χ4n) is 2.84. The lowest BCUT2D eigenvalue weighted by atomic mass is 10.1. The van der Waals surface area contributed by atoms with E-state index in [1.165, 1.54) is 4.90 Å². The maximum absolute atomic E-state index is 12.3. The van der Waals surface area contributed by atoms with Gasteiger partial charge in [0.15, 0.2) is 0 Å². The molecule has 5 nitrogen and oxygen atoms in total. The van der Waals surface area contributed by atoms with Crippen LogP contribution in [0, 0.1) is 0 Å². The van der Waals surface area contributed by atoms with Crippen LogP contribution in [0.2, 0.25) is 0 Å². The fourth-order valence-corrected chi connectivity index (χ4v) is 3.42. The van der Waals surface area contributed by atoms with Crippen molar-refractivity contribution >= 4 is 39.2 Å². The van der Waals surface area contributed by atoms with Crippen molar-refractivity contribution in [1.82, 2.24) is 4.90 Å². The molecule has 1 fully saturated rings. The van der Waals surface area contributed by atoms with Crippen LogP contribution in [0.5, 0.6) is 0 Å². The van der Waals surface area contributed by atoms with Gasteiger partial charge in [0.05, 0.1) is 11.3 Å². The number of halogens is 1. The summed E-state index contributed by atoms with van der Waals surface area (Å²) in [6.07, 6.45) is 3.14. The summed E-state index contributed by atoms with van der Waals surface area (Å²) < 4.78 is 0.658. The van der Waals surface area contributed by atoms with E-state index in [0.29, 0.717) is 15.7 Å². The van der Waals surface area contributed by atoms with Crippen molar-refractivity contribution in [1.29, 1.82) is 0 Å². The third-order valence-electron chi connectivity index (χ3n) is 3.94. The molecule has 0 atom stereocenters. The lowest BCUT2D eigenvalue weighted by molar-refractivity contribution is -0.131. The van der Waals surface area contributed by atoms with Crippen LogP contribution >= 0.6 is 15.9 Å². The standard InChI is InChI=1S/C15H15BrN2O3/c16-11-6-4-5-10-13(11)18(15(21)14(10)20)9-12(19)17-7-2-1-3-8-17/h4-6H,1-3,7-9H2. The zero-order valence-corrected chi connectivity index (χ0v) is 13.1. The van der Waals surface area contributed by atoms with Crippen molar-refractivity contribution in [2.24, 2.45) is 0 Å². The summed E-state index contributed by atoms with van der Waals surface area (Å²) in [5, 5.41) is 0. The molecular formula is C15H15BrN2O3. The van der Waals surface area contributed by atoms with Crippen LogP contribution in [0.1, 0.15) is 29.6 Å². The van der Waals surface area contributed by atoms with Crippen molar-refractivity contribution in [3.05, 3.63) is 28.2 Å². The van der Waals surface area contributed by atoms with E-state index < -0.39 is 11.7 Å². The number of ketones is 1. The Morgan fingerprint density at radius 1 is 1.14 bits per heavy atom. The van der Waals surface area contributed by atoms with Crippen molar-refractivity contribution in [3.8, 4) is 0 Å². The van der Waals surface area contributed by atoms with Crippen LogP contribution in [-0.4, -0.2) is 42.1 Å². The van der Waals surface area contributed by atoms with Gasteiger partial charge in [0.1, 0.15) is 6.54 Å². The van der Waals surface area contributed by atoms with Gasteiger partial charge < -0.3 is 4.90 Å². The third kappa shape index (κ3) is 2.48. The molecular weight excluding hydrogens is 336 g/mol. The van der Waals surface area contributed by atoms with Crippen molar-refractivity contribution in [2.45, 2.75) is 19.3 Å². The Morgan fingerprint density at radius 3 is 2.57 bits per heavy atom. The molecule has 0 radical (unpaired) electrons. The molecule has 6 heteroatoms. The molecule has 0 saturated carbocycles. The lowest BCUT2D eigenvalue weighted by Gasteiger charge is -2.28. The number of anilines is 1. The molecule has 2 amide bonds. The number of hydrogen-bond donors (Lipinski definition) is 0. The van der Waals surface area contributed by atoms with E-state index in [1.54, 1.807) is 23.1 Å². The first-order valence-electron chi connectivity index (χ1n) is 7.02. The third-order valence-corrected chi connectivity index (χ3v) is 4.58. The zero-order valence-electron chi connectivity index (χ0n) is 11.5. The average Bonchev–Trinajstić information content (AvgIpc) is 2.74. The minimum Gasteiger partial charge on any atom is -0.341 e. The van der Waals surface area contributed by atoms with E-state index in [2.05, 4.69) is 15.9 Å². The molecule has 0 spiro atoms. The Hall–Kier alpha value is -1.69. The van der Waals surface area contributed by atoms with Crippen LogP contribution in [0.25, 0.3) is 0 Å². The van der Waals surface area contributed by atoms with Gasteiger partial charge in [-0.1, -0.05) is 6.07 Å². The first-order chi connectivity index (χ1) is 10.1. The minimum absolute atomic E-state index is 0.0693. The van der Waals surface area contributed by atoms with Gasteiger partial charge in [-0.15, -0.1) is 0 Å². The van der Waals surface area contributed by atoms with E-state index in [-0.39, 0.29) is 12.5 Å². The molecule has 1 aromatic rings. The maximum Gasteiger partial charge on any atom is 0.299 e. The van der Waals surface area contributed by atoms with E-state index in [1.807, 2.05) is 0 Å². The second-order valence-corrected chi connectivity index (χ2v) is 6.15. The summed E-state index contributed by atoms with van der Waals surface area (Å²) in [6.45, 7) is 1.40. The normalized spacial score (nSPS) is 18.1. The van der Waals surface area contributed by atoms with Gasteiger partial charge in [-0.05, 0) is 47.3 Å². The number of piperidine rings is 1. The summed E-state index contributed by atoms with van der Waals surface area (Å²) in [5.74, 6) is -1.26. The van der Waals surface area contributed by atoms with E-state index in [9.17, 15) is 14.4 Å². The average molecular weight is 351 g/mol. The monoisotopic (exact) mass is 350 g/mol. The fraction of sp³-hybridized carbons (Fsp3) is 0.400. The van der Waals surface area contributed by atoms with Gasteiger partial charge in [-0.25, -0.2) is 0 Å². The van der Waals surface area contributed by atoms with Crippen LogP contribution in [0.4, 0.5) is 5.69 Å². The first-order valence-corrected chi connectivity index (χ1v) is 7.81. The number of nitrogens with zero attached hydrogens (tertiary/aromatic N) is 2. The molecule has 0 aliphatic carbocycles. The Balaban J connectivity index is 1.84. The van der Waals surface area contributed by atoms with Gasteiger partial charge in [0.2, 0.25) is 5.91 Å². The smallest absolute Gasteiger partial charge is 0.299 e. The van der Waals surface area contributed by atoms with Gasteiger partial charge in [0.25, 0.3) is 11.7 Å². The maximum atomic E-state index is 12.3. The van der Waals surface area contributed by atoms with Crippen LogP contribution in [-0.2, 0) is 9.59 Å². The number of rotatable bonds is 2. The SMILES string of the molecule is O=C1C(=O)N(CC(=O)N2CCCCC2)c2c(Br)cccc21. The molecule has 0 bridgehead atoms. The first kappa shape index (κ1) is 14.3. The Labute approximate surface area is 131 Å². The number of carbonyl (C=O) groups excluding carboxylic acids is 3. The van der Waals surface area contributed by atoms with E-state index >= 15 is 0 Å². The predicted molar refractivity (Wildman–Crippen MR) is 81.3 cm³/mol. The Morgan fingerprint density at radius 2 is 1.86 bits per heavy atom. The molecule has 2 aliphatic rings. The number of likely N-dealkylation sites (tertiary alicyclic amines) is 1. The number of Topliss-reactive ketones (excluding diaryl/α,β-unsaturated/α-hetero) is 1. The number of fused-ring (bicyclic) bond motifs is 1. The van der Waals surface area contributed by atoms with Gasteiger partial charge in [-0.2, -0.15) is 0 Å². The molecule has 2 aliphatic heterocycles. The van der Waals surface area contributed by atoms with Gasteiger partial charge in [-0.3, -0.25) is 19.3 Å². The highest BCUT2D eigenvalue weighted by Crippen LogP contribution is 2.35. The lowest BCUT2D eigenvalue weighted by Crippen LogP contribution is -2.44. The molecule has 0 unspecified atom stereocenters. The summed E-state index contributed by atoms with van der Waals surface area (Å²) in [6, 6.07) is 5.10. The highest BCUT2D eigenvalue weighted by atomic mass is 79.9. The topological polar surface area (TPSA) is 57.7 Å². The van der Waals surface area contributed by atoms with Crippen molar-refractivity contribution < 1.29 is 14.4 Å². The molecule has 110 valence electrons. The quantitative estimate of drug-likeness (QED) is 0.766. The van der Waals surface area contributed by atoms with Crippen molar-refractivity contribution in [3.63, 3.8) is 0 Å². The number of hydrogen-bond acceptors (Lipinski definition) is 3. The molecule has 1 aromatic carbocycles. The molecule has 0 N–H and O–H groups in total. The second kappa shape index (κ2) is 5.60. The van der Waals surface area contributed by atoms with E-state index in [4.69, 9.17) is 0 Å². The molecule has 21 heavy (non-hydrogen) atoms. The van der Waals surface area contributed by atoms with Gasteiger partial charge >= 0.3 is 0 Å². The Bertz CT molecular complexity index is 623. The summed E-state index contributed by atoms with van der Waals surface area (Å²) >= 11 is 3.36. The van der Waals surface area contributed by atoms with Crippen molar-refractivity contribution in [2.75, 3.05) is 24.5 Å². The Kier molecular flexibility index (Phi) is 3.80.